The van der Waals surface area contributed by atoms with E-state index in [9.17, 15) is 13.6 Å². The topological polar surface area (TPSA) is 87.1 Å². The van der Waals surface area contributed by atoms with E-state index < -0.39 is 11.6 Å². The zero-order valence-corrected chi connectivity index (χ0v) is 15.3. The van der Waals surface area contributed by atoms with Crippen LogP contribution in [-0.4, -0.2) is 57.2 Å². The van der Waals surface area contributed by atoms with Crippen molar-refractivity contribution in [1.29, 1.82) is 0 Å². The number of carbonyl (C=O) groups excluding carboxylic acids is 1. The molecule has 1 aliphatic rings. The van der Waals surface area contributed by atoms with Gasteiger partial charge in [0.05, 0.1) is 0 Å². The summed E-state index contributed by atoms with van der Waals surface area (Å²) in [6.45, 7) is 2.29. The first-order valence-electron chi connectivity index (χ1n) is 8.97. The average Bonchev–Trinajstić information content (AvgIpc) is 2.77. The number of anilines is 3. The molecule has 148 valence electrons. The van der Waals surface area contributed by atoms with Gasteiger partial charge in [-0.2, -0.15) is 0 Å². The molecule has 29 heavy (non-hydrogen) atoms. The van der Waals surface area contributed by atoms with Crippen molar-refractivity contribution in [3.63, 3.8) is 0 Å². The Labute approximate surface area is 165 Å². The zero-order valence-electron chi connectivity index (χ0n) is 15.3. The maximum absolute atomic E-state index is 13.3. The molecule has 0 unspecified atom stereocenters. The minimum absolute atomic E-state index is 0.213. The normalized spacial score (nSPS) is 14.0. The van der Waals surface area contributed by atoms with Crippen molar-refractivity contribution in [1.82, 2.24) is 25.1 Å². The molecule has 0 radical (unpaired) electrons. The highest BCUT2D eigenvalue weighted by Crippen LogP contribution is 2.18. The van der Waals surface area contributed by atoms with Crippen LogP contribution in [0.25, 0.3) is 0 Å². The van der Waals surface area contributed by atoms with E-state index in [-0.39, 0.29) is 11.6 Å². The molecular weight excluding hydrogens is 380 g/mol. The lowest BCUT2D eigenvalue weighted by Gasteiger charge is -2.34. The van der Waals surface area contributed by atoms with E-state index in [4.69, 9.17) is 0 Å². The monoisotopic (exact) mass is 397 g/mol. The van der Waals surface area contributed by atoms with Crippen LogP contribution in [0.15, 0.2) is 48.8 Å². The Balaban J connectivity index is 1.36. The van der Waals surface area contributed by atoms with Crippen molar-refractivity contribution in [2.24, 2.45) is 0 Å². The third kappa shape index (κ3) is 4.26. The van der Waals surface area contributed by atoms with Crippen molar-refractivity contribution in [3.8, 4) is 0 Å². The lowest BCUT2D eigenvalue weighted by Crippen LogP contribution is -2.49. The van der Waals surface area contributed by atoms with Gasteiger partial charge in [-0.15, -0.1) is 10.2 Å². The second kappa shape index (κ2) is 8.13. The van der Waals surface area contributed by atoms with Crippen LogP contribution in [0, 0.1) is 11.6 Å². The first kappa shape index (κ1) is 18.7. The first-order chi connectivity index (χ1) is 14.1. The fourth-order valence-electron chi connectivity index (χ4n) is 2.96. The Morgan fingerprint density at radius 1 is 0.931 bits per heavy atom. The number of halogens is 2. The van der Waals surface area contributed by atoms with Gasteiger partial charge in [0.25, 0.3) is 5.91 Å². The van der Waals surface area contributed by atoms with E-state index in [1.54, 1.807) is 35.5 Å². The predicted molar refractivity (Wildman–Crippen MR) is 102 cm³/mol. The third-order valence-corrected chi connectivity index (χ3v) is 4.48. The molecule has 1 amide bonds. The standard InChI is InChI=1S/C19H17F2N7O/c20-14-3-2-13(12-15(14)21)24-17-5-4-16(25-26-17)18(29)27-8-10-28(11-9-27)19-22-6-1-7-23-19/h1-7,12H,8-11H2,(H,24,26). The lowest BCUT2D eigenvalue weighted by atomic mass is 10.2. The van der Waals surface area contributed by atoms with E-state index in [1.807, 2.05) is 4.90 Å². The molecule has 10 heteroatoms. The molecule has 3 aromatic rings. The minimum atomic E-state index is -0.963. The molecule has 1 N–H and O–H groups in total. The van der Waals surface area contributed by atoms with Crippen molar-refractivity contribution in [2.45, 2.75) is 0 Å². The molecule has 4 rings (SSSR count). The van der Waals surface area contributed by atoms with Gasteiger partial charge >= 0.3 is 0 Å². The van der Waals surface area contributed by atoms with Crippen LogP contribution in [0.3, 0.4) is 0 Å². The van der Waals surface area contributed by atoms with Gasteiger partial charge in [-0.05, 0) is 30.3 Å². The Hall–Kier alpha value is -3.69. The van der Waals surface area contributed by atoms with Gasteiger partial charge < -0.3 is 15.1 Å². The molecule has 0 aliphatic carbocycles. The van der Waals surface area contributed by atoms with E-state index in [0.29, 0.717) is 43.6 Å². The summed E-state index contributed by atoms with van der Waals surface area (Å²) in [7, 11) is 0. The highest BCUT2D eigenvalue weighted by molar-refractivity contribution is 5.92. The number of benzene rings is 1. The lowest BCUT2D eigenvalue weighted by molar-refractivity contribution is 0.0739. The second-order valence-electron chi connectivity index (χ2n) is 6.39. The van der Waals surface area contributed by atoms with Gasteiger partial charge in [0.15, 0.2) is 23.1 Å². The summed E-state index contributed by atoms with van der Waals surface area (Å²) in [5.41, 5.74) is 0.543. The first-order valence-corrected chi connectivity index (χ1v) is 8.97. The molecule has 0 bridgehead atoms. The fraction of sp³-hybridized carbons (Fsp3) is 0.211. The van der Waals surface area contributed by atoms with Gasteiger partial charge in [-0.3, -0.25) is 4.79 Å². The van der Waals surface area contributed by atoms with E-state index in [1.165, 1.54) is 6.07 Å². The van der Waals surface area contributed by atoms with Crippen LogP contribution in [0.1, 0.15) is 10.5 Å². The molecule has 0 spiro atoms. The van der Waals surface area contributed by atoms with Gasteiger partial charge in [0, 0.05) is 50.3 Å². The molecule has 3 heterocycles. The summed E-state index contributed by atoms with van der Waals surface area (Å²) in [6, 6.07) is 8.29. The summed E-state index contributed by atoms with van der Waals surface area (Å²) in [5.74, 6) is -1.15. The van der Waals surface area contributed by atoms with E-state index in [2.05, 4.69) is 25.5 Å². The second-order valence-corrected chi connectivity index (χ2v) is 6.39. The number of carbonyl (C=O) groups is 1. The molecule has 1 aromatic carbocycles. The number of aromatic nitrogens is 4. The van der Waals surface area contributed by atoms with E-state index >= 15 is 0 Å². The molecule has 1 saturated heterocycles. The number of nitrogens with zero attached hydrogens (tertiary/aromatic N) is 6. The molecule has 0 saturated carbocycles. The smallest absolute Gasteiger partial charge is 0.274 e. The van der Waals surface area contributed by atoms with Gasteiger partial charge in [0.2, 0.25) is 5.95 Å². The van der Waals surface area contributed by atoms with Gasteiger partial charge in [0.1, 0.15) is 0 Å². The SMILES string of the molecule is O=C(c1ccc(Nc2ccc(F)c(F)c2)nn1)N1CCN(c2ncccn2)CC1. The Morgan fingerprint density at radius 3 is 2.34 bits per heavy atom. The molecular formula is C19H17F2N7O. The van der Waals surface area contributed by atoms with E-state index in [0.717, 1.165) is 12.1 Å². The molecule has 1 fully saturated rings. The highest BCUT2D eigenvalue weighted by Gasteiger charge is 2.24. The maximum Gasteiger partial charge on any atom is 0.274 e. The third-order valence-electron chi connectivity index (χ3n) is 4.48. The van der Waals surface area contributed by atoms with Gasteiger partial charge in [-0.1, -0.05) is 0 Å². The van der Waals surface area contributed by atoms with Crippen molar-refractivity contribution in [2.75, 3.05) is 36.4 Å². The Bertz CT molecular complexity index is 993. The number of hydrogen-bond acceptors (Lipinski definition) is 7. The Morgan fingerprint density at radius 2 is 1.69 bits per heavy atom. The summed E-state index contributed by atoms with van der Waals surface area (Å²) in [5, 5.41) is 10.7. The number of hydrogen-bond donors (Lipinski definition) is 1. The average molecular weight is 397 g/mol. The molecule has 2 aromatic heterocycles. The largest absolute Gasteiger partial charge is 0.339 e. The van der Waals surface area contributed by atoms with Crippen LogP contribution in [0.2, 0.25) is 0 Å². The Kier molecular flexibility index (Phi) is 5.23. The van der Waals surface area contributed by atoms with Crippen molar-refractivity contribution < 1.29 is 13.6 Å². The van der Waals surface area contributed by atoms with Crippen LogP contribution in [-0.2, 0) is 0 Å². The van der Waals surface area contributed by atoms with Crippen molar-refractivity contribution >= 4 is 23.4 Å². The number of rotatable bonds is 4. The quantitative estimate of drug-likeness (QED) is 0.723. The van der Waals surface area contributed by atoms with Crippen molar-refractivity contribution in [3.05, 3.63) is 66.1 Å². The number of amides is 1. The highest BCUT2D eigenvalue weighted by atomic mass is 19.2. The predicted octanol–water partition coefficient (Wildman–Crippen LogP) is 2.25. The van der Waals surface area contributed by atoms with Crippen LogP contribution >= 0.6 is 0 Å². The maximum atomic E-state index is 13.3. The number of nitrogens with one attached hydrogen (secondary N) is 1. The molecule has 1 aliphatic heterocycles. The number of piperazine rings is 1. The van der Waals surface area contributed by atoms with Crippen LogP contribution in [0.4, 0.5) is 26.2 Å². The molecule has 8 nitrogen and oxygen atoms in total. The summed E-state index contributed by atoms with van der Waals surface area (Å²) >= 11 is 0. The van der Waals surface area contributed by atoms with Gasteiger partial charge in [-0.25, -0.2) is 18.7 Å². The summed E-state index contributed by atoms with van der Waals surface area (Å²) < 4.78 is 26.3. The van der Waals surface area contributed by atoms with Crippen LogP contribution in [0.5, 0.6) is 0 Å². The fourth-order valence-corrected chi connectivity index (χ4v) is 2.96. The summed E-state index contributed by atoms with van der Waals surface area (Å²) in [4.78, 5) is 24.8. The summed E-state index contributed by atoms with van der Waals surface area (Å²) in [6.07, 6.45) is 3.37. The molecule has 0 atom stereocenters. The zero-order chi connectivity index (χ0) is 20.2. The van der Waals surface area contributed by atoms with Crippen LogP contribution < -0.4 is 10.2 Å². The minimum Gasteiger partial charge on any atom is -0.339 e.